The van der Waals surface area contributed by atoms with Crippen LogP contribution in [0.2, 0.25) is 0 Å². The molecule has 5 unspecified atom stereocenters. The number of carbonyl (C=O) groups excluding carboxylic acids is 1. The molecule has 1 spiro atoms. The summed E-state index contributed by atoms with van der Waals surface area (Å²) in [5, 5.41) is 0. The first-order valence-corrected chi connectivity index (χ1v) is 12.9. The molecule has 0 radical (unpaired) electrons. The third kappa shape index (κ3) is 2.25. The summed E-state index contributed by atoms with van der Waals surface area (Å²) in [7, 11) is 5.07. The van der Waals surface area contributed by atoms with Crippen LogP contribution in [0.4, 0.5) is 4.79 Å². The number of likely N-dealkylation sites (tertiary alicyclic amines) is 1. The average Bonchev–Trinajstić information content (AvgIpc) is 3.51. The Morgan fingerprint density at radius 1 is 1.12 bits per heavy atom. The first-order chi connectivity index (χ1) is 16.1. The van der Waals surface area contributed by atoms with Gasteiger partial charge in [0.2, 0.25) is 0 Å². The molecular formula is C25H37NO7. The van der Waals surface area contributed by atoms with Gasteiger partial charge in [0.25, 0.3) is 0 Å². The molecule has 0 aromatic rings. The summed E-state index contributed by atoms with van der Waals surface area (Å²) in [5.41, 5.74) is -0.498. The van der Waals surface area contributed by atoms with Crippen molar-refractivity contribution in [3.05, 3.63) is 0 Å². The SMILES string of the molecule is CCO[C@]12[C@@H]3O[C@@H]3[C@H]3CC([C@H]1[C@H]3OCOC)C13C(OC)CCC4CN(C(=O)OC)C1[C@@H]2C[C@H]43. The predicted molar refractivity (Wildman–Crippen MR) is 115 cm³/mol. The van der Waals surface area contributed by atoms with Crippen LogP contribution >= 0.6 is 0 Å². The van der Waals surface area contributed by atoms with Gasteiger partial charge in [-0.05, 0) is 50.4 Å². The zero-order valence-electron chi connectivity index (χ0n) is 20.1. The molecule has 0 N–H and O–H groups in total. The Hall–Kier alpha value is -0.930. The third-order valence-electron chi connectivity index (χ3n) is 11.1. The fourth-order valence-electron chi connectivity index (χ4n) is 10.7. The van der Waals surface area contributed by atoms with Crippen molar-refractivity contribution in [1.29, 1.82) is 0 Å². The van der Waals surface area contributed by atoms with Crippen molar-refractivity contribution in [2.24, 2.45) is 40.9 Å². The van der Waals surface area contributed by atoms with Crippen molar-refractivity contribution in [1.82, 2.24) is 4.90 Å². The molecule has 8 heteroatoms. The first-order valence-electron chi connectivity index (χ1n) is 12.9. The van der Waals surface area contributed by atoms with Gasteiger partial charge in [-0.3, -0.25) is 0 Å². The Kier molecular flexibility index (Phi) is 4.57. The normalized spacial score (nSPS) is 56.5. The van der Waals surface area contributed by atoms with Gasteiger partial charge in [-0.1, -0.05) is 0 Å². The quantitative estimate of drug-likeness (QED) is 0.442. The second-order valence-electron chi connectivity index (χ2n) is 11.5. The molecule has 5 aliphatic carbocycles. The number of hydrogen-bond acceptors (Lipinski definition) is 7. The Balaban J connectivity index is 1.44. The molecule has 2 saturated heterocycles. The van der Waals surface area contributed by atoms with E-state index in [4.69, 9.17) is 28.4 Å². The summed E-state index contributed by atoms with van der Waals surface area (Å²) in [6, 6.07) is 0.0639. The molecule has 8 nitrogen and oxygen atoms in total. The maximum atomic E-state index is 13.2. The number of methoxy groups -OCH3 is 3. The minimum absolute atomic E-state index is 0.0632. The molecule has 7 rings (SSSR count). The van der Waals surface area contributed by atoms with E-state index in [9.17, 15) is 4.79 Å². The fraction of sp³-hybridized carbons (Fsp3) is 0.960. The van der Waals surface area contributed by atoms with Crippen LogP contribution in [0.1, 0.15) is 32.6 Å². The number of carbonyl (C=O) groups is 1. The predicted octanol–water partition coefficient (Wildman–Crippen LogP) is 2.30. The van der Waals surface area contributed by atoms with E-state index >= 15 is 0 Å². The highest BCUT2D eigenvalue weighted by Crippen LogP contribution is 2.80. The van der Waals surface area contributed by atoms with Crippen molar-refractivity contribution in [2.75, 3.05) is 41.3 Å². The molecule has 0 aromatic heterocycles. The van der Waals surface area contributed by atoms with Crippen LogP contribution in [-0.4, -0.2) is 88.3 Å². The lowest BCUT2D eigenvalue weighted by Gasteiger charge is -2.66. The standard InChI is InChI=1S/C25H37NO7/c1-5-32-25-16-9-14-12-6-7-17(29-3)24(14,21(16)26(10-12)23(27)30-4)15-8-13(20-22(25)33-20)19(18(15)25)31-11-28-2/h12-22H,5-11H2,1-4H3/t12?,13-,14+,15?,16-,17?,18-,19-,20+,21?,22+,24?,25-/m0/s1. The maximum Gasteiger partial charge on any atom is 0.409 e. The average molecular weight is 464 g/mol. The number of fused-ring (bicyclic) bond motifs is 5. The number of ether oxygens (including phenoxy) is 6. The van der Waals surface area contributed by atoms with Crippen molar-refractivity contribution in [3.63, 3.8) is 0 Å². The lowest BCUT2D eigenvalue weighted by atomic mass is 9.46. The van der Waals surface area contributed by atoms with Crippen molar-refractivity contribution >= 4 is 6.09 Å². The van der Waals surface area contributed by atoms with Gasteiger partial charge in [-0.15, -0.1) is 0 Å². The van der Waals surface area contributed by atoms with Crippen LogP contribution in [0.25, 0.3) is 0 Å². The van der Waals surface area contributed by atoms with Crippen LogP contribution < -0.4 is 0 Å². The molecule has 7 fully saturated rings. The Labute approximate surface area is 195 Å². The van der Waals surface area contributed by atoms with Gasteiger partial charge >= 0.3 is 6.09 Å². The summed E-state index contributed by atoms with van der Waals surface area (Å²) >= 11 is 0. The molecule has 0 aromatic carbocycles. The number of amides is 1. The van der Waals surface area contributed by atoms with Gasteiger partial charge in [0, 0.05) is 56.6 Å². The minimum Gasteiger partial charge on any atom is -0.453 e. The second-order valence-corrected chi connectivity index (χ2v) is 11.5. The van der Waals surface area contributed by atoms with Gasteiger partial charge in [-0.25, -0.2) is 4.79 Å². The van der Waals surface area contributed by atoms with Gasteiger partial charge in [0.05, 0.1) is 25.4 Å². The number of epoxide rings is 1. The maximum absolute atomic E-state index is 13.2. The van der Waals surface area contributed by atoms with E-state index in [1.165, 1.54) is 7.11 Å². The van der Waals surface area contributed by atoms with Gasteiger partial charge < -0.3 is 33.3 Å². The molecule has 13 atom stereocenters. The molecule has 2 aliphatic heterocycles. The van der Waals surface area contributed by atoms with E-state index in [1.54, 1.807) is 7.11 Å². The molecule has 33 heavy (non-hydrogen) atoms. The first kappa shape index (κ1) is 21.4. The molecule has 7 bridgehead atoms. The zero-order valence-corrected chi connectivity index (χ0v) is 20.1. The lowest BCUT2D eigenvalue weighted by Crippen LogP contribution is -2.76. The zero-order chi connectivity index (χ0) is 22.7. The topological polar surface area (TPSA) is 79.0 Å². The van der Waals surface area contributed by atoms with Crippen LogP contribution in [-0.2, 0) is 28.4 Å². The van der Waals surface area contributed by atoms with E-state index in [-0.39, 0.29) is 53.8 Å². The minimum atomic E-state index is -0.428. The summed E-state index contributed by atoms with van der Waals surface area (Å²) in [5.74, 6) is 2.20. The third-order valence-corrected chi connectivity index (χ3v) is 11.1. The van der Waals surface area contributed by atoms with E-state index in [1.807, 2.05) is 7.11 Å². The Morgan fingerprint density at radius 3 is 2.70 bits per heavy atom. The highest BCUT2D eigenvalue weighted by molar-refractivity contribution is 5.69. The van der Waals surface area contributed by atoms with E-state index in [2.05, 4.69) is 11.8 Å². The smallest absolute Gasteiger partial charge is 0.409 e. The van der Waals surface area contributed by atoms with Gasteiger partial charge in [0.1, 0.15) is 18.5 Å². The summed E-state index contributed by atoms with van der Waals surface area (Å²) in [6.07, 6.45) is 4.59. The van der Waals surface area contributed by atoms with E-state index in [0.717, 1.165) is 32.2 Å². The molecular weight excluding hydrogens is 426 g/mol. The number of hydrogen-bond donors (Lipinski definition) is 0. The summed E-state index contributed by atoms with van der Waals surface area (Å²) < 4.78 is 36.8. The number of nitrogens with zero attached hydrogens (tertiary/aromatic N) is 1. The van der Waals surface area contributed by atoms with Crippen LogP contribution in [0.5, 0.6) is 0 Å². The Morgan fingerprint density at radius 2 is 1.97 bits per heavy atom. The van der Waals surface area contributed by atoms with Crippen LogP contribution in [0.15, 0.2) is 0 Å². The number of rotatable bonds is 6. The molecule has 7 aliphatic rings. The largest absolute Gasteiger partial charge is 0.453 e. The monoisotopic (exact) mass is 463 g/mol. The van der Waals surface area contributed by atoms with Crippen molar-refractivity contribution in [3.8, 4) is 0 Å². The summed E-state index contributed by atoms with van der Waals surface area (Å²) in [6.45, 7) is 3.80. The van der Waals surface area contributed by atoms with Gasteiger partial charge in [-0.2, -0.15) is 0 Å². The van der Waals surface area contributed by atoms with Crippen LogP contribution in [0.3, 0.4) is 0 Å². The molecule has 184 valence electrons. The lowest BCUT2D eigenvalue weighted by molar-refractivity contribution is -0.267. The highest BCUT2D eigenvalue weighted by atomic mass is 16.7. The van der Waals surface area contributed by atoms with Gasteiger partial charge in [0.15, 0.2) is 0 Å². The molecule has 2 heterocycles. The van der Waals surface area contributed by atoms with Crippen molar-refractivity contribution in [2.45, 2.75) is 68.7 Å². The fourth-order valence-corrected chi connectivity index (χ4v) is 10.7. The van der Waals surface area contributed by atoms with Crippen LogP contribution in [0, 0.1) is 40.9 Å². The summed E-state index contributed by atoms with van der Waals surface area (Å²) in [4.78, 5) is 15.3. The van der Waals surface area contributed by atoms with Crippen molar-refractivity contribution < 1.29 is 33.2 Å². The highest BCUT2D eigenvalue weighted by Gasteiger charge is 2.87. The molecule has 5 saturated carbocycles. The Bertz CT molecular complexity index is 840. The number of piperidine rings is 1. The second kappa shape index (κ2) is 7.06. The van der Waals surface area contributed by atoms with E-state index in [0.29, 0.717) is 37.1 Å². The van der Waals surface area contributed by atoms with E-state index < -0.39 is 5.60 Å². The molecule has 1 amide bonds.